The number of halogens is 2. The van der Waals surface area contributed by atoms with Gasteiger partial charge in [0.25, 0.3) is 0 Å². The molecule has 3 aromatic heterocycles. The van der Waals surface area contributed by atoms with Crippen LogP contribution in [0, 0.1) is 0 Å². The summed E-state index contributed by atoms with van der Waals surface area (Å²) in [5, 5.41) is 9.89. The zero-order valence-electron chi connectivity index (χ0n) is 19.8. The molecule has 12 heteroatoms. The molecular weight excluding hydrogens is 446 g/mol. The van der Waals surface area contributed by atoms with Crippen LogP contribution >= 0.6 is 0 Å². The molecular formula is C22H28F2N8O2. The Labute approximate surface area is 196 Å². The van der Waals surface area contributed by atoms with Gasteiger partial charge in [0.1, 0.15) is 11.6 Å². The monoisotopic (exact) mass is 474 g/mol. The molecule has 0 unspecified atom stereocenters. The van der Waals surface area contributed by atoms with E-state index in [2.05, 4.69) is 30.7 Å². The molecule has 10 nitrogen and oxygen atoms in total. The highest BCUT2D eigenvalue weighted by atomic mass is 19.3. The van der Waals surface area contributed by atoms with Crippen molar-refractivity contribution < 1.29 is 18.3 Å². The van der Waals surface area contributed by atoms with Crippen LogP contribution in [0.5, 0.6) is 5.75 Å². The topological polar surface area (TPSA) is 110 Å². The fraction of sp³-hybridized carbons (Fsp3) is 0.409. The maximum atomic E-state index is 14.2. The maximum absolute atomic E-state index is 14.2. The van der Waals surface area contributed by atoms with Crippen molar-refractivity contribution in [2.45, 2.75) is 33.2 Å². The number of nitrogens with one attached hydrogen (secondary N) is 2. The van der Waals surface area contributed by atoms with Crippen molar-refractivity contribution in [1.82, 2.24) is 29.6 Å². The van der Waals surface area contributed by atoms with Gasteiger partial charge in [-0.05, 0) is 21.0 Å². The highest BCUT2D eigenvalue weighted by Crippen LogP contribution is 2.32. The number of alkyl halides is 2. The summed E-state index contributed by atoms with van der Waals surface area (Å²) in [6.45, 7) is 5.67. The Morgan fingerprint density at radius 2 is 1.97 bits per heavy atom. The van der Waals surface area contributed by atoms with Crippen molar-refractivity contribution in [3.8, 4) is 17.0 Å². The van der Waals surface area contributed by atoms with Gasteiger partial charge < -0.3 is 20.3 Å². The Hall–Kier alpha value is -3.67. The van der Waals surface area contributed by atoms with E-state index >= 15 is 0 Å². The van der Waals surface area contributed by atoms with Gasteiger partial charge in [0.05, 0.1) is 36.9 Å². The molecule has 3 rings (SSSR count). The largest absolute Gasteiger partial charge is 0.490 e. The van der Waals surface area contributed by atoms with E-state index in [9.17, 15) is 13.6 Å². The van der Waals surface area contributed by atoms with Crippen molar-refractivity contribution in [1.29, 1.82) is 0 Å². The highest BCUT2D eigenvalue weighted by molar-refractivity contribution is 5.88. The van der Waals surface area contributed by atoms with Crippen LogP contribution in [0.25, 0.3) is 11.3 Å². The molecule has 0 atom stereocenters. The Balaban J connectivity index is 2.00. The van der Waals surface area contributed by atoms with E-state index in [1.54, 1.807) is 30.1 Å². The number of ether oxygens (including phenoxy) is 1. The average molecular weight is 475 g/mol. The van der Waals surface area contributed by atoms with Crippen LogP contribution < -0.4 is 15.4 Å². The average Bonchev–Trinajstić information content (AvgIpc) is 3.22. The number of rotatable bonds is 10. The van der Waals surface area contributed by atoms with Crippen molar-refractivity contribution >= 4 is 23.2 Å². The van der Waals surface area contributed by atoms with E-state index in [1.807, 2.05) is 19.0 Å². The predicted octanol–water partition coefficient (Wildman–Crippen LogP) is 3.51. The number of pyridine rings is 1. The first-order valence-corrected chi connectivity index (χ1v) is 10.7. The molecule has 3 aromatic rings. The van der Waals surface area contributed by atoms with Crippen molar-refractivity contribution in [3.05, 3.63) is 36.5 Å². The van der Waals surface area contributed by atoms with E-state index in [0.29, 0.717) is 35.8 Å². The molecule has 0 radical (unpaired) electrons. The summed E-state index contributed by atoms with van der Waals surface area (Å²) in [7, 11) is 3.91. The van der Waals surface area contributed by atoms with E-state index in [0.717, 1.165) is 13.5 Å². The lowest BCUT2D eigenvalue weighted by atomic mass is 10.2. The normalized spacial score (nSPS) is 11.5. The molecule has 0 aliphatic carbocycles. The van der Waals surface area contributed by atoms with Crippen LogP contribution in [0.2, 0.25) is 0 Å². The minimum Gasteiger partial charge on any atom is -0.490 e. The predicted molar refractivity (Wildman–Crippen MR) is 124 cm³/mol. The number of nitrogens with zero attached hydrogens (tertiary/aromatic N) is 6. The summed E-state index contributed by atoms with van der Waals surface area (Å²) in [5.74, 6) is -3.43. The van der Waals surface area contributed by atoms with Gasteiger partial charge in [-0.15, -0.1) is 0 Å². The molecule has 0 spiro atoms. The summed E-state index contributed by atoms with van der Waals surface area (Å²) >= 11 is 0. The zero-order chi connectivity index (χ0) is 24.9. The second-order valence-corrected chi connectivity index (χ2v) is 7.95. The van der Waals surface area contributed by atoms with E-state index < -0.39 is 11.7 Å². The third-order valence-electron chi connectivity index (χ3n) is 4.56. The number of amides is 1. The number of likely N-dealkylation sites (N-methyl/N-ethyl adjacent to an activating group) is 1. The molecule has 0 aromatic carbocycles. The van der Waals surface area contributed by atoms with Gasteiger partial charge in [-0.3, -0.25) is 9.48 Å². The summed E-state index contributed by atoms with van der Waals surface area (Å²) in [6.07, 6.45) is 4.76. The molecule has 34 heavy (non-hydrogen) atoms. The molecule has 0 fully saturated rings. The van der Waals surface area contributed by atoms with Gasteiger partial charge >= 0.3 is 5.92 Å². The Bertz CT molecular complexity index is 1140. The lowest BCUT2D eigenvalue weighted by Crippen LogP contribution is -2.18. The summed E-state index contributed by atoms with van der Waals surface area (Å²) in [6, 6.07) is 3.09. The summed E-state index contributed by atoms with van der Waals surface area (Å²) < 4.78 is 35.8. The van der Waals surface area contributed by atoms with Crippen molar-refractivity contribution in [3.63, 3.8) is 0 Å². The van der Waals surface area contributed by atoms with Crippen LogP contribution in [0.15, 0.2) is 30.7 Å². The first-order valence-electron chi connectivity index (χ1n) is 10.7. The SMILES string of the molecule is CCOc1cnc(NC(C)=O)cc1Nc1cc(-c2cnn(CCN(C)C)c2)nc(C(C)(F)F)n1. The number of carbonyl (C=O) groups is 1. The molecule has 3 heterocycles. The smallest absolute Gasteiger partial charge is 0.303 e. The highest BCUT2D eigenvalue weighted by Gasteiger charge is 2.30. The van der Waals surface area contributed by atoms with E-state index in [-0.39, 0.29) is 17.5 Å². The molecule has 0 aliphatic rings. The minimum atomic E-state index is -3.27. The molecule has 0 aliphatic heterocycles. The van der Waals surface area contributed by atoms with Crippen LogP contribution in [0.3, 0.4) is 0 Å². The van der Waals surface area contributed by atoms with Crippen LogP contribution in [-0.2, 0) is 17.3 Å². The Morgan fingerprint density at radius 3 is 2.62 bits per heavy atom. The Morgan fingerprint density at radius 1 is 1.21 bits per heavy atom. The molecule has 182 valence electrons. The maximum Gasteiger partial charge on any atom is 0.303 e. The van der Waals surface area contributed by atoms with Gasteiger partial charge in [0.15, 0.2) is 5.75 Å². The van der Waals surface area contributed by atoms with Gasteiger partial charge in [-0.2, -0.15) is 13.9 Å². The molecule has 0 bridgehead atoms. The second kappa shape index (κ2) is 10.5. The molecule has 1 amide bonds. The fourth-order valence-corrected chi connectivity index (χ4v) is 2.97. The number of carbonyl (C=O) groups excluding carboxylic acids is 1. The van der Waals surface area contributed by atoms with Crippen LogP contribution in [-0.4, -0.2) is 62.8 Å². The number of hydrogen-bond acceptors (Lipinski definition) is 8. The first-order chi connectivity index (χ1) is 16.0. The number of aromatic nitrogens is 5. The quantitative estimate of drug-likeness (QED) is 0.459. The fourth-order valence-electron chi connectivity index (χ4n) is 2.97. The zero-order valence-corrected chi connectivity index (χ0v) is 19.8. The van der Waals surface area contributed by atoms with E-state index in [4.69, 9.17) is 4.74 Å². The number of anilines is 3. The van der Waals surface area contributed by atoms with Crippen LogP contribution in [0.1, 0.15) is 26.6 Å². The van der Waals surface area contributed by atoms with Crippen LogP contribution in [0.4, 0.5) is 26.1 Å². The van der Waals surface area contributed by atoms with Gasteiger partial charge in [-0.1, -0.05) is 0 Å². The van der Waals surface area contributed by atoms with Crippen molar-refractivity contribution in [2.75, 3.05) is 37.9 Å². The molecule has 0 saturated carbocycles. The summed E-state index contributed by atoms with van der Waals surface area (Å²) in [5.41, 5.74) is 1.27. The van der Waals surface area contributed by atoms with E-state index in [1.165, 1.54) is 19.2 Å². The molecule has 0 saturated heterocycles. The van der Waals surface area contributed by atoms with Gasteiger partial charge in [0, 0.05) is 44.3 Å². The third-order valence-corrected chi connectivity index (χ3v) is 4.56. The number of hydrogen-bond donors (Lipinski definition) is 2. The van der Waals surface area contributed by atoms with Gasteiger partial charge in [0.2, 0.25) is 11.7 Å². The summed E-state index contributed by atoms with van der Waals surface area (Å²) in [4.78, 5) is 25.7. The second-order valence-electron chi connectivity index (χ2n) is 7.95. The lowest BCUT2D eigenvalue weighted by Gasteiger charge is -2.16. The Kier molecular flexibility index (Phi) is 7.72. The first kappa shape index (κ1) is 25.0. The third kappa shape index (κ3) is 6.67. The van der Waals surface area contributed by atoms with Crippen molar-refractivity contribution in [2.24, 2.45) is 0 Å². The lowest BCUT2D eigenvalue weighted by molar-refractivity contribution is -0.114. The minimum absolute atomic E-state index is 0.128. The standard InChI is InChI=1S/C22H28F2N8O2/c1-6-34-18-12-25-19(27-14(2)33)10-17(18)28-20-9-16(29-21(30-20)22(3,23)24)15-11-26-32(13-15)8-7-31(4)5/h9-13H,6-8H2,1-5H3,(H2,25,27,28,29,30,33). The molecule has 2 N–H and O–H groups in total. The van der Waals surface area contributed by atoms with Gasteiger partial charge in [-0.25, -0.2) is 15.0 Å².